The van der Waals surface area contributed by atoms with Crippen LogP contribution in [0.3, 0.4) is 0 Å². The van der Waals surface area contributed by atoms with Gasteiger partial charge in [-0.15, -0.1) is 0 Å². The Morgan fingerprint density at radius 1 is 1.56 bits per heavy atom. The van der Waals surface area contributed by atoms with E-state index in [1.54, 1.807) is 6.92 Å². The standard InChI is InChI=1S/C10H16N2O4/c1-6(3-10(15)16)2-9(14)12-7-4-8(13)11-5-7/h6-7H,2-5H2,1H3,(H,11,13)(H,12,14)(H,15,16). The molecule has 1 heterocycles. The third-order valence-electron chi connectivity index (χ3n) is 2.40. The average molecular weight is 228 g/mol. The summed E-state index contributed by atoms with van der Waals surface area (Å²) < 4.78 is 0. The maximum atomic E-state index is 11.5. The van der Waals surface area contributed by atoms with Gasteiger partial charge in [-0.3, -0.25) is 14.4 Å². The first-order valence-corrected chi connectivity index (χ1v) is 5.25. The number of carbonyl (C=O) groups excluding carboxylic acids is 2. The SMILES string of the molecule is CC(CC(=O)O)CC(=O)NC1CNC(=O)C1. The number of aliphatic carboxylic acids is 1. The molecule has 0 aromatic carbocycles. The van der Waals surface area contributed by atoms with Crippen molar-refractivity contribution >= 4 is 17.8 Å². The minimum Gasteiger partial charge on any atom is -0.481 e. The van der Waals surface area contributed by atoms with E-state index in [4.69, 9.17) is 5.11 Å². The third-order valence-corrected chi connectivity index (χ3v) is 2.40. The van der Waals surface area contributed by atoms with Crippen molar-refractivity contribution in [3.8, 4) is 0 Å². The van der Waals surface area contributed by atoms with Crippen LogP contribution in [0.2, 0.25) is 0 Å². The van der Waals surface area contributed by atoms with Gasteiger partial charge in [-0.25, -0.2) is 0 Å². The number of rotatable bonds is 5. The molecule has 0 aromatic rings. The van der Waals surface area contributed by atoms with Crippen LogP contribution in [0.25, 0.3) is 0 Å². The van der Waals surface area contributed by atoms with Crippen LogP contribution in [-0.4, -0.2) is 35.5 Å². The largest absolute Gasteiger partial charge is 0.481 e. The summed E-state index contributed by atoms with van der Waals surface area (Å²) >= 11 is 0. The number of hydrogen-bond donors (Lipinski definition) is 3. The number of carboxylic acid groups (broad SMARTS) is 1. The second-order valence-corrected chi connectivity index (χ2v) is 4.18. The Labute approximate surface area is 93.4 Å². The average Bonchev–Trinajstić information content (AvgIpc) is 2.48. The molecule has 2 atom stereocenters. The monoisotopic (exact) mass is 228 g/mol. The molecular formula is C10H16N2O4. The zero-order valence-electron chi connectivity index (χ0n) is 9.16. The minimum absolute atomic E-state index is 0.0186. The topological polar surface area (TPSA) is 95.5 Å². The molecular weight excluding hydrogens is 212 g/mol. The Hall–Kier alpha value is -1.59. The highest BCUT2D eigenvalue weighted by atomic mass is 16.4. The van der Waals surface area contributed by atoms with Gasteiger partial charge in [-0.05, 0) is 5.92 Å². The molecule has 0 radical (unpaired) electrons. The number of carboxylic acids is 1. The summed E-state index contributed by atoms with van der Waals surface area (Å²) in [6.07, 6.45) is 0.464. The molecule has 2 amide bonds. The van der Waals surface area contributed by atoms with Crippen molar-refractivity contribution in [1.82, 2.24) is 10.6 Å². The van der Waals surface area contributed by atoms with E-state index in [1.165, 1.54) is 0 Å². The smallest absolute Gasteiger partial charge is 0.303 e. The first-order chi connectivity index (χ1) is 7.47. The lowest BCUT2D eigenvalue weighted by Gasteiger charge is -2.12. The summed E-state index contributed by atoms with van der Waals surface area (Å²) in [4.78, 5) is 32.7. The van der Waals surface area contributed by atoms with Gasteiger partial charge < -0.3 is 15.7 Å². The van der Waals surface area contributed by atoms with Crippen molar-refractivity contribution in [3.63, 3.8) is 0 Å². The summed E-state index contributed by atoms with van der Waals surface area (Å²) in [5.41, 5.74) is 0. The van der Waals surface area contributed by atoms with Crippen LogP contribution >= 0.6 is 0 Å². The van der Waals surface area contributed by atoms with Crippen LogP contribution in [0.4, 0.5) is 0 Å². The normalized spacial score (nSPS) is 21.3. The molecule has 3 N–H and O–H groups in total. The van der Waals surface area contributed by atoms with Gasteiger partial charge in [-0.1, -0.05) is 6.92 Å². The van der Waals surface area contributed by atoms with Crippen molar-refractivity contribution < 1.29 is 19.5 Å². The van der Waals surface area contributed by atoms with E-state index in [-0.39, 0.29) is 36.6 Å². The lowest BCUT2D eigenvalue weighted by Crippen LogP contribution is -2.37. The molecule has 0 bridgehead atoms. The molecule has 1 saturated heterocycles. The predicted molar refractivity (Wildman–Crippen MR) is 55.6 cm³/mol. The molecule has 0 aromatic heterocycles. The molecule has 0 aliphatic carbocycles. The molecule has 16 heavy (non-hydrogen) atoms. The first kappa shape index (κ1) is 12.5. The molecule has 1 aliphatic rings. The quantitative estimate of drug-likeness (QED) is 0.590. The Morgan fingerprint density at radius 3 is 2.75 bits per heavy atom. The van der Waals surface area contributed by atoms with Crippen LogP contribution in [-0.2, 0) is 14.4 Å². The Bertz CT molecular complexity index is 303. The number of hydrogen-bond acceptors (Lipinski definition) is 3. The third kappa shape index (κ3) is 4.29. The number of nitrogens with one attached hydrogen (secondary N) is 2. The molecule has 6 heteroatoms. The maximum Gasteiger partial charge on any atom is 0.303 e. The molecule has 0 spiro atoms. The molecule has 90 valence electrons. The molecule has 2 unspecified atom stereocenters. The summed E-state index contributed by atoms with van der Waals surface area (Å²) in [5.74, 6) is -1.36. The van der Waals surface area contributed by atoms with E-state index < -0.39 is 5.97 Å². The van der Waals surface area contributed by atoms with Gasteiger partial charge in [0.25, 0.3) is 0 Å². The summed E-state index contributed by atoms with van der Waals surface area (Å²) in [5, 5.41) is 13.8. The van der Waals surface area contributed by atoms with Crippen molar-refractivity contribution in [2.24, 2.45) is 5.92 Å². The molecule has 6 nitrogen and oxygen atoms in total. The van der Waals surface area contributed by atoms with E-state index in [0.717, 1.165) is 0 Å². The fourth-order valence-corrected chi connectivity index (χ4v) is 1.68. The lowest BCUT2D eigenvalue weighted by atomic mass is 10.0. The van der Waals surface area contributed by atoms with Crippen molar-refractivity contribution in [2.75, 3.05) is 6.54 Å². The zero-order valence-corrected chi connectivity index (χ0v) is 9.16. The van der Waals surface area contributed by atoms with Gasteiger partial charge in [0.05, 0.1) is 6.04 Å². The van der Waals surface area contributed by atoms with Crippen LogP contribution in [0.15, 0.2) is 0 Å². The fraction of sp³-hybridized carbons (Fsp3) is 0.700. The van der Waals surface area contributed by atoms with E-state index in [2.05, 4.69) is 10.6 Å². The van der Waals surface area contributed by atoms with Crippen LogP contribution < -0.4 is 10.6 Å². The number of amides is 2. The van der Waals surface area contributed by atoms with Gasteiger partial charge in [-0.2, -0.15) is 0 Å². The van der Waals surface area contributed by atoms with Crippen LogP contribution in [0.5, 0.6) is 0 Å². The highest BCUT2D eigenvalue weighted by Gasteiger charge is 2.23. The van der Waals surface area contributed by atoms with Crippen molar-refractivity contribution in [3.05, 3.63) is 0 Å². The molecule has 1 aliphatic heterocycles. The predicted octanol–water partition coefficient (Wildman–Crippen LogP) is -0.508. The van der Waals surface area contributed by atoms with Gasteiger partial charge in [0.1, 0.15) is 0 Å². The molecule has 1 rings (SSSR count). The van der Waals surface area contributed by atoms with E-state index >= 15 is 0 Å². The zero-order chi connectivity index (χ0) is 12.1. The second kappa shape index (κ2) is 5.48. The molecule has 0 saturated carbocycles. The lowest BCUT2D eigenvalue weighted by molar-refractivity contribution is -0.138. The highest BCUT2D eigenvalue weighted by Crippen LogP contribution is 2.08. The Balaban J connectivity index is 2.25. The van der Waals surface area contributed by atoms with E-state index in [0.29, 0.717) is 13.0 Å². The van der Waals surface area contributed by atoms with Gasteiger partial charge in [0.15, 0.2) is 0 Å². The highest BCUT2D eigenvalue weighted by molar-refractivity contribution is 5.82. The van der Waals surface area contributed by atoms with Gasteiger partial charge >= 0.3 is 5.97 Å². The number of carbonyl (C=O) groups is 3. The first-order valence-electron chi connectivity index (χ1n) is 5.25. The summed E-state index contributed by atoms with van der Waals surface area (Å²) in [6.45, 7) is 2.17. The molecule has 1 fully saturated rings. The Morgan fingerprint density at radius 2 is 2.25 bits per heavy atom. The maximum absolute atomic E-state index is 11.5. The van der Waals surface area contributed by atoms with Crippen molar-refractivity contribution in [1.29, 1.82) is 0 Å². The second-order valence-electron chi connectivity index (χ2n) is 4.18. The van der Waals surface area contributed by atoms with Crippen molar-refractivity contribution in [2.45, 2.75) is 32.2 Å². The van der Waals surface area contributed by atoms with Crippen LogP contribution in [0.1, 0.15) is 26.2 Å². The van der Waals surface area contributed by atoms with Gasteiger partial charge in [0.2, 0.25) is 11.8 Å². The fourth-order valence-electron chi connectivity index (χ4n) is 1.68. The summed E-state index contributed by atoms with van der Waals surface area (Å²) in [7, 11) is 0. The minimum atomic E-state index is -0.905. The Kier molecular flexibility index (Phi) is 4.28. The summed E-state index contributed by atoms with van der Waals surface area (Å²) in [6, 6.07) is -0.156. The van der Waals surface area contributed by atoms with Crippen LogP contribution in [0, 0.1) is 5.92 Å². The van der Waals surface area contributed by atoms with Gasteiger partial charge in [0, 0.05) is 25.8 Å². The van der Waals surface area contributed by atoms with E-state index in [1.807, 2.05) is 0 Å². The van der Waals surface area contributed by atoms with E-state index in [9.17, 15) is 14.4 Å².